The maximum atomic E-state index is 14.5. The lowest BCUT2D eigenvalue weighted by Crippen LogP contribution is -2.33. The molecule has 2 heterocycles. The van der Waals surface area contributed by atoms with Gasteiger partial charge in [-0.25, -0.2) is 19.6 Å². The quantitative estimate of drug-likeness (QED) is 0.162. The first-order valence-corrected chi connectivity index (χ1v) is 12.7. The van der Waals surface area contributed by atoms with E-state index in [4.69, 9.17) is 9.47 Å². The summed E-state index contributed by atoms with van der Waals surface area (Å²) in [5, 5.41) is 8.95. The molecule has 1 aromatic carbocycles. The van der Waals surface area contributed by atoms with Crippen molar-refractivity contribution in [3.05, 3.63) is 59.8 Å². The first-order valence-electron chi connectivity index (χ1n) is 12.7. The van der Waals surface area contributed by atoms with E-state index in [0.29, 0.717) is 30.0 Å². The molecule has 3 N–H and O–H groups in total. The van der Waals surface area contributed by atoms with Crippen LogP contribution in [0, 0.1) is 12.9 Å². The molecule has 0 bridgehead atoms. The molecule has 2 aromatic heterocycles. The summed E-state index contributed by atoms with van der Waals surface area (Å²) in [6.07, 6.45) is 5.26. The molecule has 0 radical (unpaired) electrons. The number of rotatable bonds is 11. The molecule has 39 heavy (non-hydrogen) atoms. The predicted molar refractivity (Wildman–Crippen MR) is 148 cm³/mol. The van der Waals surface area contributed by atoms with Gasteiger partial charge in [0.1, 0.15) is 11.4 Å². The Hall–Kier alpha value is -4.28. The van der Waals surface area contributed by atoms with Crippen molar-refractivity contribution < 1.29 is 23.5 Å². The molecule has 1 amide bonds. The number of pyridine rings is 1. The Bertz CT molecular complexity index is 1280. The Morgan fingerprint density at radius 3 is 2.38 bits per heavy atom. The number of nitrogens with zero attached hydrogens (tertiary/aromatic N) is 3. The zero-order chi connectivity index (χ0) is 28.4. The van der Waals surface area contributed by atoms with E-state index in [9.17, 15) is 14.0 Å². The van der Waals surface area contributed by atoms with Crippen LogP contribution in [0.2, 0.25) is 0 Å². The fourth-order valence-electron chi connectivity index (χ4n) is 3.55. The van der Waals surface area contributed by atoms with Crippen molar-refractivity contribution in [2.45, 2.75) is 52.6 Å². The third kappa shape index (κ3) is 9.20. The standard InChI is InChI=1S/C28H35FN6O4/c1-18-16-33-26(35-24(18)30-13-7-6-8-14-31-27(37)39-28(2,3)4)34-22-15-21(17-32-23(22)29)19-9-11-20(12-10-19)25(36)38-5/h9-12,15-17H,6-8,13-14H2,1-5H3,(H,31,37)(H2,30,33,34,35). The van der Waals surface area contributed by atoms with E-state index in [1.807, 2.05) is 27.7 Å². The number of nitrogens with one attached hydrogen (secondary N) is 3. The first-order chi connectivity index (χ1) is 18.6. The van der Waals surface area contributed by atoms with E-state index in [0.717, 1.165) is 30.4 Å². The zero-order valence-corrected chi connectivity index (χ0v) is 22.9. The Morgan fingerprint density at radius 2 is 1.69 bits per heavy atom. The van der Waals surface area contributed by atoms with Crippen LogP contribution in [0.1, 0.15) is 56.0 Å². The SMILES string of the molecule is COC(=O)c1ccc(-c2cnc(F)c(Nc3ncc(C)c(NCCCCCNC(=O)OC(C)(C)C)n3)c2)cc1. The summed E-state index contributed by atoms with van der Waals surface area (Å²) in [4.78, 5) is 36.0. The normalized spacial score (nSPS) is 11.0. The molecular formula is C28H35FN6O4. The molecular weight excluding hydrogens is 503 g/mol. The molecule has 208 valence electrons. The molecule has 0 aliphatic rings. The molecule has 11 heteroatoms. The van der Waals surface area contributed by atoms with Gasteiger partial charge >= 0.3 is 12.1 Å². The number of hydrogen-bond donors (Lipinski definition) is 3. The lowest BCUT2D eigenvalue weighted by molar-refractivity contribution is 0.0525. The van der Waals surface area contributed by atoms with Gasteiger partial charge in [0.25, 0.3) is 0 Å². The van der Waals surface area contributed by atoms with Gasteiger partial charge in [-0.15, -0.1) is 0 Å². The molecule has 3 aromatic rings. The number of carbonyl (C=O) groups is 2. The number of alkyl carbamates (subject to hydrolysis) is 1. The number of aryl methyl sites for hydroxylation is 1. The average Bonchev–Trinajstić information content (AvgIpc) is 2.89. The van der Waals surface area contributed by atoms with Crippen molar-refractivity contribution in [1.82, 2.24) is 20.3 Å². The minimum absolute atomic E-state index is 0.122. The Labute approximate surface area is 227 Å². The first kappa shape index (κ1) is 29.3. The van der Waals surface area contributed by atoms with E-state index >= 15 is 0 Å². The summed E-state index contributed by atoms with van der Waals surface area (Å²) in [6, 6.07) is 8.36. The zero-order valence-electron chi connectivity index (χ0n) is 22.9. The number of hydrogen-bond acceptors (Lipinski definition) is 9. The highest BCUT2D eigenvalue weighted by molar-refractivity contribution is 5.90. The molecule has 0 saturated heterocycles. The molecule has 3 rings (SSSR count). The lowest BCUT2D eigenvalue weighted by atomic mass is 10.1. The fraction of sp³-hybridized carbons (Fsp3) is 0.393. The highest BCUT2D eigenvalue weighted by atomic mass is 19.1. The van der Waals surface area contributed by atoms with Crippen molar-refractivity contribution in [2.24, 2.45) is 0 Å². The molecule has 0 fully saturated rings. The minimum Gasteiger partial charge on any atom is -0.465 e. The Kier molecular flexibility index (Phi) is 10.1. The smallest absolute Gasteiger partial charge is 0.407 e. The number of esters is 1. The third-order valence-corrected chi connectivity index (χ3v) is 5.51. The van der Waals surface area contributed by atoms with Gasteiger partial charge in [0, 0.05) is 36.6 Å². The predicted octanol–water partition coefficient (Wildman–Crippen LogP) is 5.62. The molecule has 0 aliphatic carbocycles. The molecule has 0 saturated carbocycles. The van der Waals surface area contributed by atoms with Gasteiger partial charge in [0.15, 0.2) is 0 Å². The highest BCUT2D eigenvalue weighted by Gasteiger charge is 2.15. The van der Waals surface area contributed by atoms with Crippen LogP contribution in [0.3, 0.4) is 0 Å². The van der Waals surface area contributed by atoms with Gasteiger partial charge in [-0.2, -0.15) is 9.37 Å². The summed E-state index contributed by atoms with van der Waals surface area (Å²) in [6.45, 7) is 8.59. The van der Waals surface area contributed by atoms with E-state index in [-0.39, 0.29) is 11.6 Å². The van der Waals surface area contributed by atoms with E-state index in [1.54, 1.807) is 36.5 Å². The molecule has 0 unspecified atom stereocenters. The van der Waals surface area contributed by atoms with Crippen LogP contribution in [0.15, 0.2) is 42.7 Å². The Balaban J connectivity index is 1.54. The number of halogens is 1. The van der Waals surface area contributed by atoms with Crippen LogP contribution in [-0.2, 0) is 9.47 Å². The number of anilines is 3. The number of unbranched alkanes of at least 4 members (excludes halogenated alkanes) is 2. The van der Waals surface area contributed by atoms with Gasteiger partial charge in [0.05, 0.1) is 18.4 Å². The number of carbonyl (C=O) groups excluding carboxylic acids is 2. The molecule has 0 spiro atoms. The van der Waals surface area contributed by atoms with Crippen LogP contribution in [-0.4, -0.2) is 52.8 Å². The number of benzene rings is 1. The molecule has 0 aliphatic heterocycles. The highest BCUT2D eigenvalue weighted by Crippen LogP contribution is 2.26. The maximum Gasteiger partial charge on any atom is 0.407 e. The van der Waals surface area contributed by atoms with Crippen LogP contribution in [0.4, 0.5) is 26.6 Å². The minimum atomic E-state index is -0.691. The molecule has 10 nitrogen and oxygen atoms in total. The summed E-state index contributed by atoms with van der Waals surface area (Å²) in [5.41, 5.74) is 2.29. The second kappa shape index (κ2) is 13.5. The third-order valence-electron chi connectivity index (χ3n) is 5.51. The second-order valence-electron chi connectivity index (χ2n) is 9.90. The summed E-state index contributed by atoms with van der Waals surface area (Å²) >= 11 is 0. The van der Waals surface area contributed by atoms with Crippen molar-refractivity contribution >= 4 is 29.5 Å². The summed E-state index contributed by atoms with van der Waals surface area (Å²) in [5.74, 6) is -0.258. The van der Waals surface area contributed by atoms with Crippen LogP contribution < -0.4 is 16.0 Å². The van der Waals surface area contributed by atoms with E-state index in [2.05, 4.69) is 30.9 Å². The van der Waals surface area contributed by atoms with Gasteiger partial charge in [-0.3, -0.25) is 0 Å². The maximum absolute atomic E-state index is 14.5. The van der Waals surface area contributed by atoms with Gasteiger partial charge in [0.2, 0.25) is 11.9 Å². The topological polar surface area (TPSA) is 127 Å². The van der Waals surface area contributed by atoms with Crippen LogP contribution >= 0.6 is 0 Å². The van der Waals surface area contributed by atoms with Crippen molar-refractivity contribution in [2.75, 3.05) is 30.8 Å². The van der Waals surface area contributed by atoms with E-state index < -0.39 is 23.6 Å². The largest absolute Gasteiger partial charge is 0.465 e. The lowest BCUT2D eigenvalue weighted by Gasteiger charge is -2.19. The fourth-order valence-corrected chi connectivity index (χ4v) is 3.55. The second-order valence-corrected chi connectivity index (χ2v) is 9.90. The van der Waals surface area contributed by atoms with Crippen molar-refractivity contribution in [1.29, 1.82) is 0 Å². The molecule has 0 atom stereocenters. The average molecular weight is 539 g/mol. The van der Waals surface area contributed by atoms with Gasteiger partial charge < -0.3 is 25.4 Å². The van der Waals surface area contributed by atoms with Gasteiger partial charge in [-0.1, -0.05) is 12.1 Å². The number of amides is 1. The summed E-state index contributed by atoms with van der Waals surface area (Å²) in [7, 11) is 1.32. The Morgan fingerprint density at radius 1 is 0.974 bits per heavy atom. The van der Waals surface area contributed by atoms with Gasteiger partial charge in [-0.05, 0) is 70.7 Å². The van der Waals surface area contributed by atoms with Crippen molar-refractivity contribution in [3.8, 4) is 11.1 Å². The van der Waals surface area contributed by atoms with Crippen molar-refractivity contribution in [3.63, 3.8) is 0 Å². The van der Waals surface area contributed by atoms with Crippen LogP contribution in [0.25, 0.3) is 11.1 Å². The number of ether oxygens (including phenoxy) is 2. The number of methoxy groups -OCH3 is 1. The van der Waals surface area contributed by atoms with Crippen LogP contribution in [0.5, 0.6) is 0 Å². The number of aromatic nitrogens is 3. The van der Waals surface area contributed by atoms with E-state index in [1.165, 1.54) is 13.3 Å². The summed E-state index contributed by atoms with van der Waals surface area (Å²) < 4.78 is 24.4. The monoisotopic (exact) mass is 538 g/mol.